The number of nitrogens with zero attached hydrogens (tertiary/aromatic N) is 4. The summed E-state index contributed by atoms with van der Waals surface area (Å²) >= 11 is 1.01. The lowest BCUT2D eigenvalue weighted by atomic mass is 10.2. The molecule has 0 aliphatic carbocycles. The summed E-state index contributed by atoms with van der Waals surface area (Å²) in [6, 6.07) is 9.27. The number of esters is 1. The average Bonchev–Trinajstić information content (AvgIpc) is 3.14. The number of carbonyl (C=O) groups excluding carboxylic acids is 2. The lowest BCUT2D eigenvalue weighted by Gasteiger charge is -2.20. The number of ether oxygens (including phenoxy) is 1. The zero-order chi connectivity index (χ0) is 25.9. The van der Waals surface area contributed by atoms with Gasteiger partial charge in [-0.25, -0.2) is 8.42 Å². The van der Waals surface area contributed by atoms with E-state index in [0.717, 1.165) is 11.3 Å². The smallest absolute Gasteiger partial charge is 0.326 e. The van der Waals surface area contributed by atoms with Crippen molar-refractivity contribution in [1.29, 1.82) is 0 Å². The second kappa shape index (κ2) is 10.5. The van der Waals surface area contributed by atoms with Gasteiger partial charge in [0.05, 0.1) is 26.6 Å². The van der Waals surface area contributed by atoms with Gasteiger partial charge in [-0.1, -0.05) is 11.3 Å². The lowest BCUT2D eigenvalue weighted by Crippen LogP contribution is -2.33. The molecule has 35 heavy (non-hydrogen) atoms. The van der Waals surface area contributed by atoms with Crippen molar-refractivity contribution in [3.8, 4) is 0 Å². The Balaban J connectivity index is 2.04. The fraction of sp³-hybridized carbons (Fsp3) is 0.318. The van der Waals surface area contributed by atoms with Crippen LogP contribution in [0.5, 0.6) is 0 Å². The zero-order valence-electron chi connectivity index (χ0n) is 19.5. The Kier molecular flexibility index (Phi) is 7.83. The van der Waals surface area contributed by atoms with Crippen LogP contribution in [0.4, 0.5) is 5.69 Å². The van der Waals surface area contributed by atoms with E-state index in [1.807, 2.05) is 0 Å². The zero-order valence-corrected chi connectivity index (χ0v) is 21.1. The fourth-order valence-corrected chi connectivity index (χ4v) is 5.54. The number of nitro groups is 1. The van der Waals surface area contributed by atoms with Crippen LogP contribution in [-0.2, 0) is 26.1 Å². The highest BCUT2D eigenvalue weighted by Crippen LogP contribution is 2.24. The van der Waals surface area contributed by atoms with Crippen molar-refractivity contribution in [3.05, 3.63) is 62.9 Å². The number of thiazole rings is 1. The Morgan fingerprint density at radius 3 is 2.43 bits per heavy atom. The summed E-state index contributed by atoms with van der Waals surface area (Å²) in [5.74, 6) is -1.21. The average molecular weight is 521 g/mol. The summed E-state index contributed by atoms with van der Waals surface area (Å²) in [6.45, 7) is 5.09. The molecule has 3 aromatic rings. The summed E-state index contributed by atoms with van der Waals surface area (Å²) < 4.78 is 33.4. The van der Waals surface area contributed by atoms with Crippen LogP contribution in [-0.4, -0.2) is 53.8 Å². The van der Waals surface area contributed by atoms with Gasteiger partial charge >= 0.3 is 5.97 Å². The Hall–Kier alpha value is -3.42. The molecule has 3 rings (SSSR count). The third-order valence-corrected chi connectivity index (χ3v) is 8.26. The second-order valence-corrected chi connectivity index (χ2v) is 10.7. The first kappa shape index (κ1) is 26.2. The molecule has 186 valence electrons. The Morgan fingerprint density at radius 1 is 1.20 bits per heavy atom. The molecule has 1 heterocycles. The number of hydrogen-bond acceptors (Lipinski definition) is 8. The molecule has 0 radical (unpaired) electrons. The first-order valence-corrected chi connectivity index (χ1v) is 12.8. The Labute approximate surface area is 205 Å². The number of sulfonamides is 1. The predicted molar refractivity (Wildman–Crippen MR) is 130 cm³/mol. The number of amides is 1. The summed E-state index contributed by atoms with van der Waals surface area (Å²) in [5.41, 5.74) is 0.490. The van der Waals surface area contributed by atoms with E-state index in [1.165, 1.54) is 58.4 Å². The van der Waals surface area contributed by atoms with Gasteiger partial charge in [0.1, 0.15) is 6.54 Å². The number of aromatic nitrogens is 1. The van der Waals surface area contributed by atoms with E-state index < -0.39 is 26.8 Å². The van der Waals surface area contributed by atoms with Gasteiger partial charge in [0, 0.05) is 30.8 Å². The van der Waals surface area contributed by atoms with Crippen LogP contribution < -0.4 is 4.80 Å². The molecule has 0 N–H and O–H groups in total. The summed E-state index contributed by atoms with van der Waals surface area (Å²) in [6.07, 6.45) is 0. The van der Waals surface area contributed by atoms with E-state index >= 15 is 0 Å². The van der Waals surface area contributed by atoms with Gasteiger partial charge in [0.15, 0.2) is 4.80 Å². The summed E-state index contributed by atoms with van der Waals surface area (Å²) in [4.78, 5) is 39.9. The molecule has 1 amide bonds. The molecular weight excluding hydrogens is 496 g/mol. The van der Waals surface area contributed by atoms with E-state index in [-0.39, 0.29) is 40.1 Å². The second-order valence-electron chi connectivity index (χ2n) is 7.74. The molecule has 1 aromatic heterocycles. The van der Waals surface area contributed by atoms with Gasteiger partial charge in [-0.15, -0.1) is 0 Å². The number of non-ortho nitro benzene ring substituents is 1. The van der Waals surface area contributed by atoms with Crippen molar-refractivity contribution in [1.82, 2.24) is 8.87 Å². The van der Waals surface area contributed by atoms with Crippen molar-refractivity contribution in [2.75, 3.05) is 13.7 Å². The third kappa shape index (κ3) is 5.63. The van der Waals surface area contributed by atoms with Crippen LogP contribution in [0.1, 0.15) is 31.1 Å². The van der Waals surface area contributed by atoms with E-state index in [4.69, 9.17) is 4.74 Å². The van der Waals surface area contributed by atoms with E-state index in [0.29, 0.717) is 10.2 Å². The summed E-state index contributed by atoms with van der Waals surface area (Å²) in [7, 11) is -2.24. The minimum Gasteiger partial charge on any atom is -0.465 e. The van der Waals surface area contributed by atoms with Crippen LogP contribution in [0.25, 0.3) is 10.2 Å². The van der Waals surface area contributed by atoms with Gasteiger partial charge in [-0.2, -0.15) is 9.30 Å². The molecule has 11 nitrogen and oxygen atoms in total. The standard InChI is InChI=1S/C22H24N4O7S2/c1-5-33-20(27)13-25-18-11-8-16(26(29)30)12-19(18)34-22(25)23-21(28)15-6-9-17(10-7-15)35(31,32)24(4)14(2)3/h6-12,14H,5,13H2,1-4H3. The van der Waals surface area contributed by atoms with E-state index in [9.17, 15) is 28.1 Å². The Bertz CT molecular complexity index is 1460. The molecule has 0 unspecified atom stereocenters. The van der Waals surface area contributed by atoms with Crippen LogP contribution >= 0.6 is 11.3 Å². The number of benzene rings is 2. The number of rotatable bonds is 8. The number of nitro benzene ring substituents is 1. The molecular formula is C22H24N4O7S2. The Morgan fingerprint density at radius 2 is 1.86 bits per heavy atom. The highest BCUT2D eigenvalue weighted by Gasteiger charge is 2.23. The molecule has 0 bridgehead atoms. The third-order valence-electron chi connectivity index (χ3n) is 5.17. The van der Waals surface area contributed by atoms with Gasteiger partial charge in [0.25, 0.3) is 11.6 Å². The SMILES string of the molecule is CCOC(=O)Cn1c(=NC(=O)c2ccc(S(=O)(=O)N(C)C(C)C)cc2)sc2cc([N+](=O)[O-])ccc21. The molecule has 0 fully saturated rings. The number of fused-ring (bicyclic) bond motifs is 1. The highest BCUT2D eigenvalue weighted by atomic mass is 32.2. The van der Waals surface area contributed by atoms with Crippen molar-refractivity contribution >= 4 is 49.1 Å². The molecule has 0 aliphatic heterocycles. The van der Waals surface area contributed by atoms with E-state index in [1.54, 1.807) is 20.8 Å². The van der Waals surface area contributed by atoms with E-state index in [2.05, 4.69) is 4.99 Å². The quantitative estimate of drug-likeness (QED) is 0.252. The molecule has 0 aliphatic rings. The first-order chi connectivity index (χ1) is 16.4. The maximum absolute atomic E-state index is 12.9. The van der Waals surface area contributed by atoms with Crippen LogP contribution in [0.3, 0.4) is 0 Å². The fourth-order valence-electron chi connectivity index (χ4n) is 3.11. The highest BCUT2D eigenvalue weighted by molar-refractivity contribution is 7.89. The maximum Gasteiger partial charge on any atom is 0.326 e. The van der Waals surface area contributed by atoms with Crippen LogP contribution in [0.2, 0.25) is 0 Å². The number of carbonyl (C=O) groups is 2. The predicted octanol–water partition coefficient (Wildman–Crippen LogP) is 2.94. The molecule has 2 aromatic carbocycles. The van der Waals surface area contributed by atoms with Crippen LogP contribution in [0, 0.1) is 10.1 Å². The monoisotopic (exact) mass is 520 g/mol. The molecule has 0 spiro atoms. The van der Waals surface area contributed by atoms with Crippen molar-refractivity contribution in [2.24, 2.45) is 4.99 Å². The molecule has 13 heteroatoms. The topological polar surface area (TPSA) is 141 Å². The van der Waals surface area contributed by atoms with Crippen molar-refractivity contribution in [3.63, 3.8) is 0 Å². The van der Waals surface area contributed by atoms with Crippen LogP contribution in [0.15, 0.2) is 52.4 Å². The maximum atomic E-state index is 12.9. The van der Waals surface area contributed by atoms with Gasteiger partial charge in [-0.3, -0.25) is 19.7 Å². The molecule has 0 saturated heterocycles. The molecule has 0 atom stereocenters. The minimum atomic E-state index is -3.71. The lowest BCUT2D eigenvalue weighted by molar-refractivity contribution is -0.384. The van der Waals surface area contributed by atoms with Gasteiger partial charge in [-0.05, 0) is 51.1 Å². The molecule has 0 saturated carbocycles. The normalized spacial score (nSPS) is 12.5. The van der Waals surface area contributed by atoms with Crippen molar-refractivity contribution < 1.29 is 27.7 Å². The largest absolute Gasteiger partial charge is 0.465 e. The van der Waals surface area contributed by atoms with Crippen molar-refractivity contribution in [2.45, 2.75) is 38.3 Å². The van der Waals surface area contributed by atoms with Gasteiger partial charge in [0.2, 0.25) is 10.0 Å². The summed E-state index contributed by atoms with van der Waals surface area (Å²) in [5, 5.41) is 11.1. The van der Waals surface area contributed by atoms with Gasteiger partial charge < -0.3 is 9.30 Å². The number of hydrogen-bond donors (Lipinski definition) is 0. The minimum absolute atomic E-state index is 0.0387. The first-order valence-electron chi connectivity index (χ1n) is 10.6.